The molecule has 1 aromatic rings. The highest BCUT2D eigenvalue weighted by Crippen LogP contribution is 2.18. The summed E-state index contributed by atoms with van der Waals surface area (Å²) >= 11 is 0. The minimum atomic E-state index is -3.50. The molecule has 0 atom stereocenters. The highest BCUT2D eigenvalue weighted by Gasteiger charge is 2.29. The predicted molar refractivity (Wildman–Crippen MR) is 93.4 cm³/mol. The van der Waals surface area contributed by atoms with Gasteiger partial charge in [0.05, 0.1) is 32.9 Å². The molecule has 0 spiro atoms. The molecule has 144 valence electrons. The molecule has 0 bridgehead atoms. The van der Waals surface area contributed by atoms with Crippen LogP contribution >= 0.6 is 0 Å². The summed E-state index contributed by atoms with van der Waals surface area (Å²) in [5.74, 6) is 0.828. The SMILES string of the molecule is CCOC(=O)N1CCN(c2ccc(S(=O)(=O)N3CCOCC3)c[nH+]2)CC1. The van der Waals surface area contributed by atoms with Gasteiger partial charge < -0.3 is 14.4 Å². The Bertz CT molecular complexity index is 711. The van der Waals surface area contributed by atoms with Crippen molar-refractivity contribution >= 4 is 21.9 Å². The third-order valence-electron chi connectivity index (χ3n) is 4.52. The first kappa shape index (κ1) is 18.9. The number of ether oxygens (including phenoxy) is 2. The average Bonchev–Trinajstić information content (AvgIpc) is 2.69. The number of pyridine rings is 1. The number of aromatic nitrogens is 1. The molecule has 10 heteroatoms. The van der Waals surface area contributed by atoms with Crippen molar-refractivity contribution in [2.24, 2.45) is 0 Å². The van der Waals surface area contributed by atoms with Gasteiger partial charge in [0.2, 0.25) is 10.0 Å². The molecule has 2 saturated heterocycles. The Morgan fingerprint density at radius 3 is 2.42 bits per heavy atom. The molecule has 1 aromatic heterocycles. The van der Waals surface area contributed by atoms with Crippen molar-refractivity contribution in [1.82, 2.24) is 9.21 Å². The standard InChI is InChI=1S/C16H24N4O5S/c1-2-25-16(21)19-7-5-18(6-8-19)15-4-3-14(13-17-15)26(22,23)20-9-11-24-12-10-20/h3-4,13H,2,5-12H2,1H3/p+1. The number of H-pyrrole nitrogens is 1. The Kier molecular flexibility index (Phi) is 5.94. The molecule has 2 aliphatic rings. The van der Waals surface area contributed by atoms with Crippen molar-refractivity contribution in [3.8, 4) is 0 Å². The van der Waals surface area contributed by atoms with E-state index in [-0.39, 0.29) is 11.0 Å². The summed E-state index contributed by atoms with van der Waals surface area (Å²) in [5.41, 5.74) is 0. The first-order valence-electron chi connectivity index (χ1n) is 8.78. The predicted octanol–water partition coefficient (Wildman–Crippen LogP) is -0.200. The summed E-state index contributed by atoms with van der Waals surface area (Å²) in [4.78, 5) is 18.8. The molecular formula is C16H25N4O5S+. The fraction of sp³-hybridized carbons (Fsp3) is 0.625. The first-order valence-corrected chi connectivity index (χ1v) is 10.2. The van der Waals surface area contributed by atoms with Gasteiger partial charge in [-0.3, -0.25) is 4.90 Å². The number of carbonyl (C=O) groups excluding carboxylic acids is 1. The Morgan fingerprint density at radius 1 is 1.15 bits per heavy atom. The number of aromatic amines is 1. The second-order valence-electron chi connectivity index (χ2n) is 6.10. The molecule has 26 heavy (non-hydrogen) atoms. The second kappa shape index (κ2) is 8.19. The second-order valence-corrected chi connectivity index (χ2v) is 8.04. The number of rotatable bonds is 4. The van der Waals surface area contributed by atoms with E-state index in [1.165, 1.54) is 10.5 Å². The summed E-state index contributed by atoms with van der Waals surface area (Å²) in [5, 5.41) is 0. The lowest BCUT2D eigenvalue weighted by molar-refractivity contribution is -0.367. The first-order chi connectivity index (χ1) is 12.5. The summed E-state index contributed by atoms with van der Waals surface area (Å²) < 4.78 is 36.9. The number of nitrogens with one attached hydrogen (secondary N) is 1. The number of carbonyl (C=O) groups is 1. The number of morpholine rings is 1. The quantitative estimate of drug-likeness (QED) is 0.713. The Hall–Kier alpha value is -1.91. The third-order valence-corrected chi connectivity index (χ3v) is 6.42. The Morgan fingerprint density at radius 2 is 1.85 bits per heavy atom. The maximum atomic E-state index is 12.6. The molecule has 0 radical (unpaired) electrons. The van der Waals surface area contributed by atoms with Crippen LogP contribution in [0.3, 0.4) is 0 Å². The lowest BCUT2D eigenvalue weighted by Gasteiger charge is -2.30. The maximum absolute atomic E-state index is 12.6. The molecule has 1 amide bonds. The van der Waals surface area contributed by atoms with Gasteiger partial charge in [0.15, 0.2) is 0 Å². The van der Waals surface area contributed by atoms with Crippen molar-refractivity contribution < 1.29 is 27.7 Å². The minimum Gasteiger partial charge on any atom is -0.450 e. The van der Waals surface area contributed by atoms with Crippen molar-refractivity contribution in [2.75, 3.05) is 64.0 Å². The molecule has 3 rings (SSSR count). The van der Waals surface area contributed by atoms with Crippen LogP contribution in [0.1, 0.15) is 6.92 Å². The zero-order valence-electron chi connectivity index (χ0n) is 14.9. The van der Waals surface area contributed by atoms with Crippen LogP contribution in [0.5, 0.6) is 0 Å². The van der Waals surface area contributed by atoms with Crippen LogP contribution in [-0.4, -0.2) is 82.8 Å². The fourth-order valence-electron chi connectivity index (χ4n) is 3.04. The van der Waals surface area contributed by atoms with Crippen LogP contribution in [-0.2, 0) is 19.5 Å². The van der Waals surface area contributed by atoms with E-state index in [0.717, 1.165) is 5.82 Å². The topological polar surface area (TPSA) is 93.5 Å². The molecule has 3 heterocycles. The number of anilines is 1. The highest BCUT2D eigenvalue weighted by atomic mass is 32.2. The smallest absolute Gasteiger partial charge is 0.410 e. The third kappa shape index (κ3) is 4.08. The van der Waals surface area contributed by atoms with E-state index in [9.17, 15) is 13.2 Å². The van der Waals surface area contributed by atoms with Gasteiger partial charge in [0.1, 0.15) is 24.2 Å². The lowest BCUT2D eigenvalue weighted by Crippen LogP contribution is -2.50. The number of hydrogen-bond donors (Lipinski definition) is 0. The molecule has 2 fully saturated rings. The number of hydrogen-bond acceptors (Lipinski definition) is 6. The van der Waals surface area contributed by atoms with Crippen LogP contribution in [0.15, 0.2) is 23.2 Å². The van der Waals surface area contributed by atoms with E-state index < -0.39 is 10.0 Å². The van der Waals surface area contributed by atoms with E-state index in [1.807, 2.05) is 0 Å². The number of nitrogens with zero attached hydrogens (tertiary/aromatic N) is 3. The van der Waals surface area contributed by atoms with Crippen LogP contribution < -0.4 is 9.88 Å². The van der Waals surface area contributed by atoms with E-state index in [2.05, 4.69) is 9.88 Å². The van der Waals surface area contributed by atoms with Gasteiger partial charge in [-0.1, -0.05) is 0 Å². The highest BCUT2D eigenvalue weighted by molar-refractivity contribution is 7.89. The fourth-order valence-corrected chi connectivity index (χ4v) is 4.42. The number of sulfonamides is 1. The van der Waals surface area contributed by atoms with Crippen molar-refractivity contribution in [3.63, 3.8) is 0 Å². The summed E-state index contributed by atoms with van der Waals surface area (Å²) in [7, 11) is -3.50. The van der Waals surface area contributed by atoms with Crippen LogP contribution in [0.25, 0.3) is 0 Å². The molecule has 0 saturated carbocycles. The van der Waals surface area contributed by atoms with E-state index in [1.54, 1.807) is 24.0 Å². The number of amides is 1. The monoisotopic (exact) mass is 385 g/mol. The van der Waals surface area contributed by atoms with Gasteiger partial charge in [-0.25, -0.2) is 18.2 Å². The largest absolute Gasteiger partial charge is 0.450 e. The molecule has 0 aliphatic carbocycles. The molecule has 2 aliphatic heterocycles. The Labute approximate surface area is 153 Å². The van der Waals surface area contributed by atoms with E-state index in [4.69, 9.17) is 9.47 Å². The zero-order chi connectivity index (χ0) is 18.6. The van der Waals surface area contributed by atoms with Crippen LogP contribution in [0.2, 0.25) is 0 Å². The van der Waals surface area contributed by atoms with Crippen molar-refractivity contribution in [1.29, 1.82) is 0 Å². The number of piperazine rings is 1. The van der Waals surface area contributed by atoms with Crippen LogP contribution in [0.4, 0.5) is 10.6 Å². The normalized spacial score (nSPS) is 19.4. The van der Waals surface area contributed by atoms with Crippen molar-refractivity contribution in [2.45, 2.75) is 11.8 Å². The summed E-state index contributed by atoms with van der Waals surface area (Å²) in [6, 6.07) is 3.39. The maximum Gasteiger partial charge on any atom is 0.410 e. The summed E-state index contributed by atoms with van der Waals surface area (Å²) in [6.07, 6.45) is 1.24. The Balaban J connectivity index is 1.62. The molecule has 9 nitrogen and oxygen atoms in total. The van der Waals surface area contributed by atoms with Gasteiger partial charge in [0, 0.05) is 19.2 Å². The van der Waals surface area contributed by atoms with Crippen molar-refractivity contribution in [3.05, 3.63) is 18.3 Å². The molecular weight excluding hydrogens is 360 g/mol. The van der Waals surface area contributed by atoms with Gasteiger partial charge in [-0.2, -0.15) is 4.31 Å². The van der Waals surface area contributed by atoms with Crippen LogP contribution in [0, 0.1) is 0 Å². The molecule has 0 aromatic carbocycles. The van der Waals surface area contributed by atoms with Gasteiger partial charge >= 0.3 is 6.09 Å². The van der Waals surface area contributed by atoms with Gasteiger partial charge in [0.25, 0.3) is 5.82 Å². The zero-order valence-corrected chi connectivity index (χ0v) is 15.7. The molecule has 1 N–H and O–H groups in total. The van der Waals surface area contributed by atoms with E-state index >= 15 is 0 Å². The summed E-state index contributed by atoms with van der Waals surface area (Å²) in [6.45, 7) is 6.20. The van der Waals surface area contributed by atoms with E-state index in [0.29, 0.717) is 59.1 Å². The minimum absolute atomic E-state index is 0.244. The average molecular weight is 385 g/mol. The van der Waals surface area contributed by atoms with Gasteiger partial charge in [-0.15, -0.1) is 0 Å². The molecule has 0 unspecified atom stereocenters. The van der Waals surface area contributed by atoms with Gasteiger partial charge in [-0.05, 0) is 13.0 Å². The lowest BCUT2D eigenvalue weighted by atomic mass is 10.3.